The fourth-order valence-electron chi connectivity index (χ4n) is 2.99. The number of halogens is 1. The van der Waals surface area contributed by atoms with Gasteiger partial charge in [-0.1, -0.05) is 27.7 Å². The smallest absolute Gasteiger partial charge is 0.245 e. The Hall–Kier alpha value is -0.910. The lowest BCUT2D eigenvalue weighted by molar-refractivity contribution is 0.211. The maximum atomic E-state index is 13.3. The first-order valence-electron chi connectivity index (χ1n) is 9.63. The zero-order valence-corrected chi connectivity index (χ0v) is 20.0. The van der Waals surface area contributed by atoms with Gasteiger partial charge in [-0.05, 0) is 24.6 Å². The molecule has 0 aliphatic heterocycles. The van der Waals surface area contributed by atoms with Crippen LogP contribution in [-0.4, -0.2) is 75.3 Å². The summed E-state index contributed by atoms with van der Waals surface area (Å²) in [6.07, 6.45) is -0.876. The number of alkyl halides is 1. The molecule has 0 aliphatic carbocycles. The molecule has 0 bridgehead atoms. The van der Waals surface area contributed by atoms with E-state index in [4.69, 9.17) is 11.6 Å². The van der Waals surface area contributed by atoms with Crippen LogP contribution in [-0.2, 0) is 20.0 Å². The molecular formula is C18H32ClN3O5S2. The molecule has 8 nitrogen and oxygen atoms in total. The van der Waals surface area contributed by atoms with Crippen molar-refractivity contribution in [2.75, 3.05) is 43.9 Å². The van der Waals surface area contributed by atoms with Gasteiger partial charge < -0.3 is 10.4 Å². The van der Waals surface area contributed by atoms with Crippen LogP contribution in [0.25, 0.3) is 0 Å². The Morgan fingerprint density at radius 3 is 1.90 bits per heavy atom. The molecule has 168 valence electrons. The van der Waals surface area contributed by atoms with Crippen molar-refractivity contribution >= 4 is 37.3 Å². The van der Waals surface area contributed by atoms with Crippen LogP contribution in [0.3, 0.4) is 0 Å². The fourth-order valence-corrected chi connectivity index (χ4v) is 6.47. The van der Waals surface area contributed by atoms with Crippen LogP contribution in [0.4, 0.5) is 5.69 Å². The van der Waals surface area contributed by atoms with Crippen molar-refractivity contribution in [1.82, 2.24) is 8.61 Å². The van der Waals surface area contributed by atoms with E-state index >= 15 is 0 Å². The maximum Gasteiger partial charge on any atom is 0.245 e. The molecule has 0 spiro atoms. The van der Waals surface area contributed by atoms with Gasteiger partial charge in [0, 0.05) is 32.7 Å². The molecule has 1 aromatic carbocycles. The summed E-state index contributed by atoms with van der Waals surface area (Å²) in [5.74, 6) is -0.0153. The summed E-state index contributed by atoms with van der Waals surface area (Å²) in [6, 6.07) is 2.65. The second-order valence-corrected chi connectivity index (χ2v) is 10.6. The van der Waals surface area contributed by atoms with Crippen LogP contribution >= 0.6 is 11.6 Å². The lowest BCUT2D eigenvalue weighted by Crippen LogP contribution is -2.33. The third kappa shape index (κ3) is 5.83. The second-order valence-electron chi connectivity index (χ2n) is 6.48. The number of rotatable bonds is 12. The minimum absolute atomic E-state index is 0.0153. The third-order valence-corrected chi connectivity index (χ3v) is 9.09. The molecule has 0 aromatic heterocycles. The summed E-state index contributed by atoms with van der Waals surface area (Å²) < 4.78 is 55.1. The molecule has 1 rings (SSSR count). The van der Waals surface area contributed by atoms with Crippen LogP contribution < -0.4 is 5.32 Å². The van der Waals surface area contributed by atoms with E-state index in [-0.39, 0.29) is 54.1 Å². The topological polar surface area (TPSA) is 107 Å². The van der Waals surface area contributed by atoms with Crippen molar-refractivity contribution in [3.8, 4) is 0 Å². The SMILES string of the molecule is CCN(CC)S(=O)(=O)c1cc(C)c(NCC(O)CCl)c(S(=O)(=O)N(CC)CC)c1. The van der Waals surface area contributed by atoms with E-state index in [1.165, 1.54) is 20.7 Å². The van der Waals surface area contributed by atoms with Gasteiger partial charge in [-0.25, -0.2) is 16.8 Å². The van der Waals surface area contributed by atoms with Gasteiger partial charge in [0.1, 0.15) is 4.90 Å². The normalized spacial score (nSPS) is 13.8. The molecule has 0 aliphatic rings. The van der Waals surface area contributed by atoms with Crippen molar-refractivity contribution in [3.63, 3.8) is 0 Å². The third-order valence-electron chi connectivity index (χ3n) is 4.63. The van der Waals surface area contributed by atoms with Crippen molar-refractivity contribution in [1.29, 1.82) is 0 Å². The molecule has 0 saturated heterocycles. The fraction of sp³-hybridized carbons (Fsp3) is 0.667. The highest BCUT2D eigenvalue weighted by molar-refractivity contribution is 7.90. The summed E-state index contributed by atoms with van der Waals surface area (Å²) in [4.78, 5) is -0.207. The van der Waals surface area contributed by atoms with E-state index in [0.717, 1.165) is 0 Å². The second kappa shape index (κ2) is 10.9. The highest BCUT2D eigenvalue weighted by atomic mass is 35.5. The number of aliphatic hydroxyl groups is 1. The van der Waals surface area contributed by atoms with Crippen LogP contribution in [0, 0.1) is 6.92 Å². The molecule has 1 unspecified atom stereocenters. The van der Waals surface area contributed by atoms with Gasteiger partial charge in [-0.2, -0.15) is 8.61 Å². The van der Waals surface area contributed by atoms with E-state index in [9.17, 15) is 21.9 Å². The van der Waals surface area contributed by atoms with Gasteiger partial charge >= 0.3 is 0 Å². The first kappa shape index (κ1) is 26.1. The summed E-state index contributed by atoms with van der Waals surface area (Å²) in [7, 11) is -7.80. The molecule has 1 atom stereocenters. The Morgan fingerprint density at radius 2 is 1.45 bits per heavy atom. The van der Waals surface area contributed by atoms with Gasteiger partial charge in [0.05, 0.1) is 22.6 Å². The van der Waals surface area contributed by atoms with E-state index < -0.39 is 26.2 Å². The zero-order valence-electron chi connectivity index (χ0n) is 17.6. The molecule has 1 aromatic rings. The molecular weight excluding hydrogens is 438 g/mol. The van der Waals surface area contributed by atoms with Crippen molar-refractivity contribution in [3.05, 3.63) is 17.7 Å². The van der Waals surface area contributed by atoms with Gasteiger partial charge in [-0.15, -0.1) is 11.6 Å². The van der Waals surface area contributed by atoms with Crippen LogP contribution in [0.15, 0.2) is 21.9 Å². The van der Waals surface area contributed by atoms with E-state index in [1.807, 2.05) is 0 Å². The summed E-state index contributed by atoms with van der Waals surface area (Å²) in [6.45, 7) is 9.60. The Kier molecular flexibility index (Phi) is 9.84. The molecule has 11 heteroatoms. The van der Waals surface area contributed by atoms with Gasteiger partial charge in [-0.3, -0.25) is 0 Å². The number of anilines is 1. The Morgan fingerprint density at radius 1 is 0.966 bits per heavy atom. The first-order valence-corrected chi connectivity index (χ1v) is 13.0. The molecule has 0 saturated carbocycles. The number of aliphatic hydroxyl groups excluding tert-OH is 1. The lowest BCUT2D eigenvalue weighted by atomic mass is 10.2. The average molecular weight is 470 g/mol. The number of nitrogens with zero attached hydrogens (tertiary/aromatic N) is 2. The molecule has 2 N–H and O–H groups in total. The lowest BCUT2D eigenvalue weighted by Gasteiger charge is -2.25. The first-order chi connectivity index (χ1) is 13.5. The predicted octanol–water partition coefficient (Wildman–Crippen LogP) is 2.07. The number of sulfonamides is 2. The van der Waals surface area contributed by atoms with Gasteiger partial charge in [0.25, 0.3) is 0 Å². The van der Waals surface area contributed by atoms with Gasteiger partial charge in [0.2, 0.25) is 20.0 Å². The quantitative estimate of drug-likeness (QED) is 0.454. The van der Waals surface area contributed by atoms with E-state index in [0.29, 0.717) is 5.56 Å². The van der Waals surface area contributed by atoms with Crippen LogP contribution in [0.5, 0.6) is 0 Å². The number of aryl methyl sites for hydroxylation is 1. The summed E-state index contributed by atoms with van der Waals surface area (Å²) in [5, 5.41) is 12.7. The van der Waals surface area contributed by atoms with Crippen molar-refractivity contribution in [2.24, 2.45) is 0 Å². The minimum Gasteiger partial charge on any atom is -0.390 e. The Balaban J connectivity index is 3.72. The number of hydrogen-bond donors (Lipinski definition) is 2. The molecule has 0 heterocycles. The van der Waals surface area contributed by atoms with Crippen molar-refractivity contribution < 1.29 is 21.9 Å². The minimum atomic E-state index is -3.96. The average Bonchev–Trinajstić information content (AvgIpc) is 2.67. The predicted molar refractivity (Wildman–Crippen MR) is 117 cm³/mol. The van der Waals surface area contributed by atoms with Crippen LogP contribution in [0.2, 0.25) is 0 Å². The monoisotopic (exact) mass is 469 g/mol. The van der Waals surface area contributed by atoms with E-state index in [1.54, 1.807) is 34.6 Å². The zero-order chi connectivity index (χ0) is 22.4. The van der Waals surface area contributed by atoms with Gasteiger partial charge in [0.15, 0.2) is 0 Å². The number of benzene rings is 1. The van der Waals surface area contributed by atoms with Crippen molar-refractivity contribution in [2.45, 2.75) is 50.5 Å². The standard InChI is InChI=1S/C18H32ClN3O5S2/c1-6-21(7-2)28(24,25)16-10-14(5)18(20-13-15(23)12-19)17(11-16)29(26,27)22(8-3)9-4/h10-11,15,20,23H,6-9,12-13H2,1-5H3. The Bertz CT molecular complexity index is 883. The molecule has 29 heavy (non-hydrogen) atoms. The number of hydrogen-bond acceptors (Lipinski definition) is 6. The Labute approximate surface area is 179 Å². The maximum absolute atomic E-state index is 13.3. The number of nitrogens with one attached hydrogen (secondary N) is 1. The largest absolute Gasteiger partial charge is 0.390 e. The molecule has 0 fully saturated rings. The summed E-state index contributed by atoms with van der Waals surface area (Å²) >= 11 is 5.63. The van der Waals surface area contributed by atoms with E-state index in [2.05, 4.69) is 5.32 Å². The molecule has 0 amide bonds. The highest BCUT2D eigenvalue weighted by Gasteiger charge is 2.30. The van der Waals surface area contributed by atoms with Crippen LogP contribution in [0.1, 0.15) is 33.3 Å². The summed E-state index contributed by atoms with van der Waals surface area (Å²) in [5.41, 5.74) is 0.713. The molecule has 0 radical (unpaired) electrons. The highest BCUT2D eigenvalue weighted by Crippen LogP contribution is 2.32.